The van der Waals surface area contributed by atoms with Crippen LogP contribution in [0, 0.1) is 0 Å². The lowest BCUT2D eigenvalue weighted by Crippen LogP contribution is -2.19. The van der Waals surface area contributed by atoms with E-state index in [0.29, 0.717) is 10.2 Å². The number of rotatable bonds is 2. The van der Waals surface area contributed by atoms with E-state index in [1.807, 2.05) is 0 Å². The second kappa shape index (κ2) is 4.29. The van der Waals surface area contributed by atoms with E-state index < -0.39 is 0 Å². The van der Waals surface area contributed by atoms with Crippen LogP contribution in [0.15, 0.2) is 24.3 Å². The van der Waals surface area contributed by atoms with Crippen LogP contribution in [0.1, 0.15) is 44.2 Å². The van der Waals surface area contributed by atoms with Crippen LogP contribution in [-0.2, 0) is 11.8 Å². The van der Waals surface area contributed by atoms with Gasteiger partial charge in [-0.3, -0.25) is 0 Å². The highest BCUT2D eigenvalue weighted by molar-refractivity contribution is 9.09. The second-order valence-electron chi connectivity index (χ2n) is 4.91. The van der Waals surface area contributed by atoms with E-state index in [9.17, 15) is 0 Å². The van der Waals surface area contributed by atoms with Crippen molar-refractivity contribution in [1.82, 2.24) is 0 Å². The molecule has 2 rings (SSSR count). The van der Waals surface area contributed by atoms with Crippen molar-refractivity contribution in [2.45, 2.75) is 49.8 Å². The molecule has 0 amide bonds. The summed E-state index contributed by atoms with van der Waals surface area (Å²) in [4.78, 5) is 0.715. The fourth-order valence-electron chi connectivity index (χ4n) is 2.83. The lowest BCUT2D eigenvalue weighted by molar-refractivity contribution is 0.488. The highest BCUT2D eigenvalue weighted by atomic mass is 79.9. The Bertz CT molecular complexity index is 345. The first-order valence-corrected chi connectivity index (χ1v) is 6.80. The molecule has 0 saturated heterocycles. The van der Waals surface area contributed by atoms with Gasteiger partial charge in [0.2, 0.25) is 0 Å². The van der Waals surface area contributed by atoms with Crippen molar-refractivity contribution in [2.75, 3.05) is 0 Å². The van der Waals surface area contributed by atoms with E-state index in [2.05, 4.69) is 54.0 Å². The minimum Gasteiger partial charge on any atom is -0.0890 e. The largest absolute Gasteiger partial charge is 0.0890 e. The first kappa shape index (κ1) is 11.2. The second-order valence-corrected chi connectivity index (χ2v) is 6.21. The standard InChI is InChI=1S/C14H19Br/c1-3-11-6-4-5-7-13(11)14(2)9-8-12(15)10-14/h4-7,12H,3,8-10H2,1-2H3. The number of hydrogen-bond donors (Lipinski definition) is 0. The zero-order chi connectivity index (χ0) is 10.9. The van der Waals surface area contributed by atoms with E-state index in [0.717, 1.165) is 6.42 Å². The van der Waals surface area contributed by atoms with E-state index in [1.165, 1.54) is 24.8 Å². The number of alkyl halides is 1. The van der Waals surface area contributed by atoms with E-state index in [4.69, 9.17) is 0 Å². The molecule has 0 N–H and O–H groups in total. The van der Waals surface area contributed by atoms with Crippen molar-refractivity contribution in [1.29, 1.82) is 0 Å². The van der Waals surface area contributed by atoms with Gasteiger partial charge in [0.25, 0.3) is 0 Å². The molecule has 1 aromatic carbocycles. The van der Waals surface area contributed by atoms with E-state index in [-0.39, 0.29) is 0 Å². The van der Waals surface area contributed by atoms with E-state index in [1.54, 1.807) is 5.56 Å². The van der Waals surface area contributed by atoms with Crippen LogP contribution in [0.4, 0.5) is 0 Å². The molecule has 82 valence electrons. The molecular weight excluding hydrogens is 248 g/mol. The molecule has 0 bridgehead atoms. The van der Waals surface area contributed by atoms with Gasteiger partial charge in [-0.15, -0.1) is 0 Å². The van der Waals surface area contributed by atoms with Crippen LogP contribution in [0.3, 0.4) is 0 Å². The van der Waals surface area contributed by atoms with E-state index >= 15 is 0 Å². The Morgan fingerprint density at radius 1 is 1.40 bits per heavy atom. The van der Waals surface area contributed by atoms with Crippen molar-refractivity contribution < 1.29 is 0 Å². The van der Waals surface area contributed by atoms with Crippen molar-refractivity contribution >= 4 is 15.9 Å². The molecule has 0 aromatic heterocycles. The fraction of sp³-hybridized carbons (Fsp3) is 0.571. The molecule has 1 heteroatoms. The minimum absolute atomic E-state index is 0.404. The third-order valence-corrected chi connectivity index (χ3v) is 4.51. The van der Waals surface area contributed by atoms with Crippen LogP contribution in [-0.4, -0.2) is 4.83 Å². The van der Waals surface area contributed by atoms with Gasteiger partial charge >= 0.3 is 0 Å². The Hall–Kier alpha value is -0.300. The molecule has 1 aromatic rings. The molecular formula is C14H19Br. The maximum absolute atomic E-state index is 3.76. The smallest absolute Gasteiger partial charge is 0.0154 e. The summed E-state index contributed by atoms with van der Waals surface area (Å²) >= 11 is 3.76. The molecule has 1 saturated carbocycles. The first-order valence-electron chi connectivity index (χ1n) is 5.88. The average molecular weight is 267 g/mol. The average Bonchev–Trinajstić information content (AvgIpc) is 2.60. The number of halogens is 1. The Balaban J connectivity index is 2.36. The topological polar surface area (TPSA) is 0 Å². The van der Waals surface area contributed by atoms with Gasteiger partial charge in [-0.1, -0.05) is 54.0 Å². The summed E-state index contributed by atoms with van der Waals surface area (Å²) in [6.45, 7) is 4.67. The molecule has 0 nitrogen and oxygen atoms in total. The summed E-state index contributed by atoms with van der Waals surface area (Å²) in [5.41, 5.74) is 3.51. The minimum atomic E-state index is 0.404. The van der Waals surface area contributed by atoms with Gasteiger partial charge in [0.05, 0.1) is 0 Å². The monoisotopic (exact) mass is 266 g/mol. The van der Waals surface area contributed by atoms with Gasteiger partial charge in [-0.25, -0.2) is 0 Å². The van der Waals surface area contributed by atoms with Gasteiger partial charge < -0.3 is 0 Å². The van der Waals surface area contributed by atoms with Crippen molar-refractivity contribution in [3.8, 4) is 0 Å². The van der Waals surface area contributed by atoms with Crippen LogP contribution in [0.5, 0.6) is 0 Å². The summed E-state index contributed by atoms with van der Waals surface area (Å²) in [5, 5.41) is 0. The molecule has 0 aliphatic heterocycles. The maximum Gasteiger partial charge on any atom is 0.0154 e. The van der Waals surface area contributed by atoms with Crippen LogP contribution in [0.25, 0.3) is 0 Å². The number of aryl methyl sites for hydroxylation is 1. The van der Waals surface area contributed by atoms with Crippen LogP contribution >= 0.6 is 15.9 Å². The quantitative estimate of drug-likeness (QED) is 0.694. The SMILES string of the molecule is CCc1ccccc1C1(C)CCC(Br)C1. The lowest BCUT2D eigenvalue weighted by atomic mass is 9.78. The highest BCUT2D eigenvalue weighted by Gasteiger charge is 2.36. The molecule has 1 aliphatic carbocycles. The fourth-order valence-corrected chi connectivity index (χ4v) is 3.77. The predicted molar refractivity (Wildman–Crippen MR) is 69.7 cm³/mol. The molecule has 0 radical (unpaired) electrons. The number of hydrogen-bond acceptors (Lipinski definition) is 0. The van der Waals surface area contributed by atoms with Crippen molar-refractivity contribution in [3.63, 3.8) is 0 Å². The van der Waals surface area contributed by atoms with Gasteiger partial charge in [0.15, 0.2) is 0 Å². The van der Waals surface area contributed by atoms with Crippen molar-refractivity contribution in [3.05, 3.63) is 35.4 Å². The summed E-state index contributed by atoms with van der Waals surface area (Å²) in [5.74, 6) is 0. The Morgan fingerprint density at radius 2 is 2.13 bits per heavy atom. The Labute approximate surface area is 101 Å². The van der Waals surface area contributed by atoms with Crippen LogP contribution in [0.2, 0.25) is 0 Å². The zero-order valence-electron chi connectivity index (χ0n) is 9.59. The summed E-state index contributed by atoms with van der Waals surface area (Å²) < 4.78 is 0. The van der Waals surface area contributed by atoms with Crippen molar-refractivity contribution in [2.24, 2.45) is 0 Å². The van der Waals surface area contributed by atoms with Gasteiger partial charge in [-0.2, -0.15) is 0 Å². The predicted octanol–water partition coefficient (Wildman–Crippen LogP) is 4.45. The molecule has 1 aliphatic rings. The molecule has 0 spiro atoms. The lowest BCUT2D eigenvalue weighted by Gasteiger charge is -2.27. The van der Waals surface area contributed by atoms with Crippen LogP contribution < -0.4 is 0 Å². The number of benzene rings is 1. The molecule has 0 heterocycles. The molecule has 2 unspecified atom stereocenters. The highest BCUT2D eigenvalue weighted by Crippen LogP contribution is 2.44. The Kier molecular flexibility index (Phi) is 3.20. The third kappa shape index (κ3) is 2.13. The molecule has 15 heavy (non-hydrogen) atoms. The summed E-state index contributed by atoms with van der Waals surface area (Å²) in [6, 6.07) is 8.94. The summed E-state index contributed by atoms with van der Waals surface area (Å²) in [7, 11) is 0. The van der Waals surface area contributed by atoms with Gasteiger partial charge in [-0.05, 0) is 42.2 Å². The molecule has 1 fully saturated rings. The first-order chi connectivity index (χ1) is 7.15. The normalized spacial score (nSPS) is 30.7. The van der Waals surface area contributed by atoms with Gasteiger partial charge in [0.1, 0.15) is 0 Å². The summed E-state index contributed by atoms with van der Waals surface area (Å²) in [6.07, 6.45) is 5.07. The zero-order valence-corrected chi connectivity index (χ0v) is 11.2. The molecule has 2 atom stereocenters. The third-order valence-electron chi connectivity index (χ3n) is 3.73. The van der Waals surface area contributed by atoms with Gasteiger partial charge in [0, 0.05) is 4.83 Å². The Morgan fingerprint density at radius 3 is 2.73 bits per heavy atom. The maximum atomic E-state index is 3.76.